The number of aryl methyl sites for hydroxylation is 1. The van der Waals surface area contributed by atoms with Crippen molar-refractivity contribution in [3.63, 3.8) is 0 Å². The molecule has 0 atom stereocenters. The van der Waals surface area contributed by atoms with Crippen LogP contribution in [0.4, 0.5) is 0 Å². The number of carbonyl (C=O) groups is 1. The Morgan fingerprint density at radius 3 is 2.67 bits per heavy atom. The first-order chi connectivity index (χ1) is 8.65. The third-order valence-electron chi connectivity index (χ3n) is 2.70. The van der Waals surface area contributed by atoms with Gasteiger partial charge in [-0.05, 0) is 12.5 Å². The number of benzene rings is 1. The Balaban J connectivity index is 1.93. The van der Waals surface area contributed by atoms with E-state index in [4.69, 9.17) is 4.52 Å². The molecule has 4 nitrogen and oxygen atoms in total. The quantitative estimate of drug-likeness (QED) is 0.828. The fraction of sp³-hybridized carbons (Fsp3) is 0.286. The number of hydrogen-bond donors (Lipinski definition) is 0. The smallest absolute Gasteiger partial charge is 0.228 e. The Morgan fingerprint density at radius 2 is 2.06 bits per heavy atom. The van der Waals surface area contributed by atoms with Crippen LogP contribution in [0.1, 0.15) is 17.0 Å². The minimum Gasteiger partial charge on any atom is -0.361 e. The molecule has 0 unspecified atom stereocenters. The molecule has 2 rings (SSSR count). The minimum absolute atomic E-state index is 0.0344. The molecule has 4 heteroatoms. The zero-order valence-corrected chi connectivity index (χ0v) is 10.6. The summed E-state index contributed by atoms with van der Waals surface area (Å²) in [5, 5.41) is 3.82. The van der Waals surface area contributed by atoms with E-state index in [-0.39, 0.29) is 12.3 Å². The van der Waals surface area contributed by atoms with E-state index >= 15 is 0 Å². The van der Waals surface area contributed by atoms with Gasteiger partial charge >= 0.3 is 0 Å². The molecule has 0 aliphatic rings. The molecule has 0 N–H and O–H groups in total. The van der Waals surface area contributed by atoms with Gasteiger partial charge in [0.25, 0.3) is 0 Å². The lowest BCUT2D eigenvalue weighted by molar-refractivity contribution is -0.129. The molecule has 2 aromatic rings. The van der Waals surface area contributed by atoms with E-state index in [0.717, 1.165) is 11.3 Å². The molecule has 94 valence electrons. The summed E-state index contributed by atoms with van der Waals surface area (Å²) in [5.74, 6) is 0.760. The van der Waals surface area contributed by atoms with Crippen molar-refractivity contribution in [1.29, 1.82) is 0 Å². The highest BCUT2D eigenvalue weighted by Gasteiger charge is 2.12. The van der Waals surface area contributed by atoms with Gasteiger partial charge in [-0.25, -0.2) is 0 Å². The van der Waals surface area contributed by atoms with Crippen LogP contribution in [0.3, 0.4) is 0 Å². The molecule has 1 amide bonds. The minimum atomic E-state index is 0.0344. The summed E-state index contributed by atoms with van der Waals surface area (Å²) in [7, 11) is 1.79. The van der Waals surface area contributed by atoms with Crippen molar-refractivity contribution in [2.75, 3.05) is 7.05 Å². The van der Waals surface area contributed by atoms with Crippen molar-refractivity contribution >= 4 is 5.91 Å². The second-order valence-corrected chi connectivity index (χ2v) is 4.34. The van der Waals surface area contributed by atoms with E-state index in [1.807, 2.05) is 37.3 Å². The molecule has 18 heavy (non-hydrogen) atoms. The summed E-state index contributed by atoms with van der Waals surface area (Å²) < 4.78 is 4.94. The van der Waals surface area contributed by atoms with E-state index in [0.29, 0.717) is 12.2 Å². The highest BCUT2D eigenvalue weighted by atomic mass is 16.5. The van der Waals surface area contributed by atoms with Crippen LogP contribution in [0.25, 0.3) is 0 Å². The fourth-order valence-corrected chi connectivity index (χ4v) is 1.74. The Hall–Kier alpha value is -2.10. The second-order valence-electron chi connectivity index (χ2n) is 4.34. The van der Waals surface area contributed by atoms with Gasteiger partial charge < -0.3 is 9.42 Å². The second kappa shape index (κ2) is 5.49. The van der Waals surface area contributed by atoms with Crippen molar-refractivity contribution in [3.8, 4) is 0 Å². The molecule has 0 bridgehead atoms. The summed E-state index contributed by atoms with van der Waals surface area (Å²) in [6.45, 7) is 2.42. The molecule has 1 aromatic heterocycles. The SMILES string of the molecule is Cc1cc(CC(=O)N(C)Cc2ccccc2)no1. The lowest BCUT2D eigenvalue weighted by Gasteiger charge is -2.16. The maximum absolute atomic E-state index is 12.0. The van der Waals surface area contributed by atoms with E-state index in [9.17, 15) is 4.79 Å². The average Bonchev–Trinajstić information content (AvgIpc) is 2.76. The number of nitrogens with zero attached hydrogens (tertiary/aromatic N) is 2. The standard InChI is InChI=1S/C14H16N2O2/c1-11-8-13(15-18-11)9-14(17)16(2)10-12-6-4-3-5-7-12/h3-8H,9-10H2,1-2H3. The van der Waals surface area contributed by atoms with Gasteiger partial charge in [0.05, 0.1) is 12.1 Å². The van der Waals surface area contributed by atoms with Crippen LogP contribution in [0, 0.1) is 6.92 Å². The highest BCUT2D eigenvalue weighted by Crippen LogP contribution is 2.07. The monoisotopic (exact) mass is 244 g/mol. The zero-order valence-electron chi connectivity index (χ0n) is 10.6. The van der Waals surface area contributed by atoms with Gasteiger partial charge in [-0.2, -0.15) is 0 Å². The van der Waals surface area contributed by atoms with Crippen LogP contribution in [-0.4, -0.2) is 23.0 Å². The van der Waals surface area contributed by atoms with E-state index < -0.39 is 0 Å². The fourth-order valence-electron chi connectivity index (χ4n) is 1.74. The summed E-state index contributed by atoms with van der Waals surface area (Å²) in [5.41, 5.74) is 1.79. The van der Waals surface area contributed by atoms with Crippen molar-refractivity contribution in [2.45, 2.75) is 19.9 Å². The van der Waals surface area contributed by atoms with Gasteiger partial charge in [-0.15, -0.1) is 0 Å². The Morgan fingerprint density at radius 1 is 1.33 bits per heavy atom. The zero-order chi connectivity index (χ0) is 13.0. The number of rotatable bonds is 4. The Labute approximate surface area is 106 Å². The van der Waals surface area contributed by atoms with Gasteiger partial charge in [0.1, 0.15) is 5.76 Å². The van der Waals surface area contributed by atoms with E-state index in [1.54, 1.807) is 18.0 Å². The first-order valence-electron chi connectivity index (χ1n) is 5.85. The maximum atomic E-state index is 12.0. The van der Waals surface area contributed by atoms with Crippen molar-refractivity contribution in [3.05, 3.63) is 53.4 Å². The molecule has 0 aliphatic heterocycles. The predicted molar refractivity (Wildman–Crippen MR) is 67.9 cm³/mol. The number of hydrogen-bond acceptors (Lipinski definition) is 3. The van der Waals surface area contributed by atoms with Crippen LogP contribution in [-0.2, 0) is 17.8 Å². The average molecular weight is 244 g/mol. The molecular weight excluding hydrogens is 228 g/mol. The molecule has 0 saturated carbocycles. The third-order valence-corrected chi connectivity index (χ3v) is 2.70. The number of amides is 1. The first-order valence-corrected chi connectivity index (χ1v) is 5.85. The van der Waals surface area contributed by atoms with E-state index in [1.165, 1.54) is 0 Å². The van der Waals surface area contributed by atoms with Crippen molar-refractivity contribution in [1.82, 2.24) is 10.1 Å². The number of likely N-dealkylation sites (N-methyl/N-ethyl adjacent to an activating group) is 1. The molecule has 0 aliphatic carbocycles. The molecule has 0 fully saturated rings. The number of aromatic nitrogens is 1. The lowest BCUT2D eigenvalue weighted by Crippen LogP contribution is -2.27. The van der Waals surface area contributed by atoms with Crippen LogP contribution < -0.4 is 0 Å². The third kappa shape index (κ3) is 3.20. The van der Waals surface area contributed by atoms with Crippen LogP contribution >= 0.6 is 0 Å². The Kier molecular flexibility index (Phi) is 3.77. The predicted octanol–water partition coefficient (Wildman–Crippen LogP) is 2.18. The topological polar surface area (TPSA) is 46.3 Å². The van der Waals surface area contributed by atoms with Gasteiger partial charge in [-0.1, -0.05) is 35.5 Å². The van der Waals surface area contributed by atoms with Crippen LogP contribution in [0.2, 0.25) is 0 Å². The van der Waals surface area contributed by atoms with Gasteiger partial charge in [-0.3, -0.25) is 4.79 Å². The van der Waals surface area contributed by atoms with Gasteiger partial charge in [0.15, 0.2) is 0 Å². The molecule has 0 radical (unpaired) electrons. The molecule has 1 aromatic carbocycles. The summed E-state index contributed by atoms with van der Waals surface area (Å²) >= 11 is 0. The summed E-state index contributed by atoms with van der Waals surface area (Å²) in [6, 6.07) is 11.7. The Bertz CT molecular complexity index is 520. The molecular formula is C14H16N2O2. The lowest BCUT2D eigenvalue weighted by atomic mass is 10.2. The molecule has 1 heterocycles. The first kappa shape index (κ1) is 12.4. The highest BCUT2D eigenvalue weighted by molar-refractivity contribution is 5.78. The van der Waals surface area contributed by atoms with Gasteiger partial charge in [0, 0.05) is 19.7 Å². The largest absolute Gasteiger partial charge is 0.361 e. The molecule has 0 spiro atoms. The van der Waals surface area contributed by atoms with Crippen molar-refractivity contribution in [2.24, 2.45) is 0 Å². The maximum Gasteiger partial charge on any atom is 0.228 e. The normalized spacial score (nSPS) is 10.3. The van der Waals surface area contributed by atoms with Crippen LogP contribution in [0.5, 0.6) is 0 Å². The van der Waals surface area contributed by atoms with Crippen LogP contribution in [0.15, 0.2) is 40.9 Å². The van der Waals surface area contributed by atoms with Gasteiger partial charge in [0.2, 0.25) is 5.91 Å². The molecule has 0 saturated heterocycles. The summed E-state index contributed by atoms with van der Waals surface area (Å²) in [6.07, 6.45) is 0.278. The summed E-state index contributed by atoms with van der Waals surface area (Å²) in [4.78, 5) is 13.7. The number of carbonyl (C=O) groups excluding carboxylic acids is 1. The van der Waals surface area contributed by atoms with E-state index in [2.05, 4.69) is 5.16 Å². The van der Waals surface area contributed by atoms with Crippen molar-refractivity contribution < 1.29 is 9.32 Å².